The number of para-hydroxylation sites is 1. The summed E-state index contributed by atoms with van der Waals surface area (Å²) in [6, 6.07) is 10.8. The standard InChI is InChI=1S/C33H35ClF2N8O7S/c1-32(2,3)51-31(45)44-16-14-43(15-17-44)29-40-28(41-30(42-29)48-4)39-23-18-19(52(5,46)47)11-12-22(23)38-25(26-21(34)9-7-13-37-26)20-8-6-10-24-27(20)50-33(35,36)49-24/h6-13,18,25,38H,14-17H2,1-5H3,(H,39,40,41,42)/t25-/m0/s1. The van der Waals surface area contributed by atoms with Gasteiger partial charge in [0, 0.05) is 44.2 Å². The molecule has 0 saturated carbocycles. The van der Waals surface area contributed by atoms with Crippen LogP contribution in [0.1, 0.15) is 38.1 Å². The number of piperazine rings is 1. The number of ether oxygens (including phenoxy) is 4. The number of fused-ring (bicyclic) bond motifs is 1. The molecule has 276 valence electrons. The van der Waals surface area contributed by atoms with Crippen molar-refractivity contribution in [2.75, 3.05) is 55.1 Å². The average molecular weight is 761 g/mol. The van der Waals surface area contributed by atoms with Crippen LogP contribution in [0.5, 0.6) is 17.5 Å². The quantitative estimate of drug-likeness (QED) is 0.214. The second-order valence-corrected chi connectivity index (χ2v) is 15.2. The molecule has 52 heavy (non-hydrogen) atoms. The number of anilines is 4. The van der Waals surface area contributed by atoms with E-state index in [0.717, 1.165) is 6.26 Å². The summed E-state index contributed by atoms with van der Waals surface area (Å²) in [5, 5.41) is 6.55. The van der Waals surface area contributed by atoms with Crippen LogP contribution in [0.25, 0.3) is 0 Å². The molecule has 19 heteroatoms. The van der Waals surface area contributed by atoms with Crippen molar-refractivity contribution in [3.8, 4) is 17.5 Å². The third-order valence-electron chi connectivity index (χ3n) is 7.80. The molecule has 4 aromatic rings. The molecule has 0 bridgehead atoms. The van der Waals surface area contributed by atoms with Gasteiger partial charge < -0.3 is 39.4 Å². The van der Waals surface area contributed by atoms with E-state index in [2.05, 4.69) is 30.6 Å². The Morgan fingerprint density at radius 2 is 1.77 bits per heavy atom. The molecule has 0 radical (unpaired) electrons. The van der Waals surface area contributed by atoms with Crippen LogP contribution >= 0.6 is 11.6 Å². The Kier molecular flexibility index (Phi) is 9.89. The number of carbonyl (C=O) groups is 1. The van der Waals surface area contributed by atoms with Crippen molar-refractivity contribution in [1.29, 1.82) is 0 Å². The highest BCUT2D eigenvalue weighted by molar-refractivity contribution is 7.90. The molecular weight excluding hydrogens is 726 g/mol. The number of methoxy groups -OCH3 is 1. The molecule has 4 heterocycles. The number of hydrogen-bond donors (Lipinski definition) is 2. The zero-order chi connectivity index (χ0) is 37.4. The lowest BCUT2D eigenvalue weighted by Crippen LogP contribution is -2.50. The van der Waals surface area contributed by atoms with E-state index in [1.165, 1.54) is 43.6 Å². The Hall–Kier alpha value is -5.23. The fourth-order valence-corrected chi connectivity index (χ4v) is 6.31. The molecule has 2 aliphatic heterocycles. The monoisotopic (exact) mass is 760 g/mol. The van der Waals surface area contributed by atoms with Gasteiger partial charge in [0.1, 0.15) is 5.60 Å². The number of rotatable bonds is 9. The largest absolute Gasteiger partial charge is 0.586 e. The highest BCUT2D eigenvalue weighted by Crippen LogP contribution is 2.48. The van der Waals surface area contributed by atoms with E-state index >= 15 is 0 Å². The SMILES string of the molecule is COc1nc(Nc2cc(S(C)(=O)=O)ccc2N[C@@H](c2cccc3c2OC(F)(F)O3)c2ncccc2Cl)nc(N2CCN(C(=O)OC(C)(C)C)CC2)n1. The summed E-state index contributed by atoms with van der Waals surface area (Å²) in [7, 11) is -2.32. The van der Waals surface area contributed by atoms with E-state index in [-0.39, 0.29) is 62.0 Å². The highest BCUT2D eigenvalue weighted by Gasteiger charge is 2.45. The molecule has 2 aliphatic rings. The minimum Gasteiger partial charge on any atom is -0.467 e. The van der Waals surface area contributed by atoms with Crippen LogP contribution in [0.3, 0.4) is 0 Å². The Morgan fingerprint density at radius 1 is 1.02 bits per heavy atom. The summed E-state index contributed by atoms with van der Waals surface area (Å²) < 4.78 is 74.3. The molecule has 1 atom stereocenters. The van der Waals surface area contributed by atoms with Crippen molar-refractivity contribution in [1.82, 2.24) is 24.8 Å². The predicted octanol–water partition coefficient (Wildman–Crippen LogP) is 5.66. The molecule has 0 aliphatic carbocycles. The van der Waals surface area contributed by atoms with Crippen molar-refractivity contribution in [3.63, 3.8) is 0 Å². The van der Waals surface area contributed by atoms with Crippen LogP contribution in [0.4, 0.5) is 36.8 Å². The lowest BCUT2D eigenvalue weighted by molar-refractivity contribution is -0.287. The van der Waals surface area contributed by atoms with E-state index in [1.54, 1.807) is 43.9 Å². The van der Waals surface area contributed by atoms with Gasteiger partial charge in [-0.1, -0.05) is 23.7 Å². The van der Waals surface area contributed by atoms with Crippen LogP contribution in [0.15, 0.2) is 59.6 Å². The summed E-state index contributed by atoms with van der Waals surface area (Å²) in [5.41, 5.74) is 0.297. The molecule has 0 unspecified atom stereocenters. The maximum Gasteiger partial charge on any atom is 0.586 e. The zero-order valence-corrected chi connectivity index (χ0v) is 30.3. The lowest BCUT2D eigenvalue weighted by atomic mass is 10.0. The summed E-state index contributed by atoms with van der Waals surface area (Å²) in [4.78, 5) is 33.7. The zero-order valence-electron chi connectivity index (χ0n) is 28.7. The van der Waals surface area contributed by atoms with Gasteiger partial charge in [0.25, 0.3) is 0 Å². The lowest BCUT2D eigenvalue weighted by Gasteiger charge is -2.35. The van der Waals surface area contributed by atoms with Crippen LogP contribution < -0.4 is 29.7 Å². The van der Waals surface area contributed by atoms with E-state index < -0.39 is 33.9 Å². The van der Waals surface area contributed by atoms with Crippen molar-refractivity contribution in [3.05, 3.63) is 71.0 Å². The first-order valence-electron chi connectivity index (χ1n) is 15.9. The smallest absolute Gasteiger partial charge is 0.467 e. The molecule has 0 spiro atoms. The number of nitrogens with zero attached hydrogens (tertiary/aromatic N) is 6. The topological polar surface area (TPSA) is 170 Å². The Labute approximate surface area is 303 Å². The first-order chi connectivity index (χ1) is 24.5. The number of sulfone groups is 1. The van der Waals surface area contributed by atoms with E-state index in [0.29, 0.717) is 26.2 Å². The van der Waals surface area contributed by atoms with Gasteiger partial charge in [-0.15, -0.1) is 8.78 Å². The molecule has 2 aromatic heterocycles. The minimum atomic E-state index is -3.90. The molecule has 15 nitrogen and oxygen atoms in total. The second-order valence-electron chi connectivity index (χ2n) is 12.8. The van der Waals surface area contributed by atoms with Gasteiger partial charge in [0.2, 0.25) is 11.9 Å². The summed E-state index contributed by atoms with van der Waals surface area (Å²) in [5.74, 6) is -0.186. The van der Waals surface area contributed by atoms with Gasteiger partial charge in [0.15, 0.2) is 21.3 Å². The maximum atomic E-state index is 14.3. The third kappa shape index (κ3) is 8.28. The first-order valence-corrected chi connectivity index (χ1v) is 18.2. The molecule has 2 aromatic carbocycles. The van der Waals surface area contributed by atoms with Gasteiger partial charge in [-0.2, -0.15) is 15.0 Å². The van der Waals surface area contributed by atoms with Gasteiger partial charge >= 0.3 is 18.4 Å². The Balaban J connectivity index is 1.35. The van der Waals surface area contributed by atoms with Crippen molar-refractivity contribution in [2.24, 2.45) is 0 Å². The number of nitrogens with one attached hydrogen (secondary N) is 2. The van der Waals surface area contributed by atoms with Gasteiger partial charge in [-0.25, -0.2) is 13.2 Å². The van der Waals surface area contributed by atoms with E-state index in [4.69, 9.17) is 30.5 Å². The summed E-state index contributed by atoms with van der Waals surface area (Å²) in [6.07, 6.45) is -1.78. The fraction of sp³-hybridized carbons (Fsp3) is 0.364. The molecule has 1 amide bonds. The predicted molar refractivity (Wildman–Crippen MR) is 187 cm³/mol. The molecule has 1 saturated heterocycles. The van der Waals surface area contributed by atoms with Gasteiger partial charge in [0.05, 0.1) is 40.1 Å². The van der Waals surface area contributed by atoms with Crippen LogP contribution in [-0.4, -0.2) is 90.8 Å². The summed E-state index contributed by atoms with van der Waals surface area (Å²) in [6.45, 7) is 6.83. The number of aromatic nitrogens is 4. The van der Waals surface area contributed by atoms with Crippen LogP contribution in [0, 0.1) is 0 Å². The first kappa shape index (κ1) is 36.6. The van der Waals surface area contributed by atoms with Gasteiger partial charge in [-0.05, 0) is 57.2 Å². The van der Waals surface area contributed by atoms with Crippen LogP contribution in [0.2, 0.25) is 5.02 Å². The molecular formula is C33H35ClF2N8O7S. The molecule has 6 rings (SSSR count). The number of pyridine rings is 1. The second kappa shape index (κ2) is 14.1. The average Bonchev–Trinajstić information content (AvgIpc) is 3.41. The van der Waals surface area contributed by atoms with Crippen molar-refractivity contribution in [2.45, 2.75) is 43.6 Å². The van der Waals surface area contributed by atoms with Gasteiger partial charge in [-0.3, -0.25) is 4.98 Å². The third-order valence-corrected chi connectivity index (χ3v) is 9.23. The van der Waals surface area contributed by atoms with Crippen LogP contribution in [-0.2, 0) is 14.6 Å². The highest BCUT2D eigenvalue weighted by atomic mass is 35.5. The Bertz CT molecular complexity index is 2100. The normalized spacial score (nSPS) is 15.9. The fourth-order valence-electron chi connectivity index (χ4n) is 5.43. The number of carbonyl (C=O) groups excluding carboxylic acids is 1. The number of amides is 1. The molecule has 1 fully saturated rings. The maximum absolute atomic E-state index is 14.3. The van der Waals surface area contributed by atoms with E-state index in [9.17, 15) is 22.0 Å². The molecule has 2 N–H and O–H groups in total. The van der Waals surface area contributed by atoms with E-state index in [1.807, 2.05) is 4.90 Å². The number of alkyl halides is 2. The number of halogens is 3. The number of hydrogen-bond acceptors (Lipinski definition) is 14. The van der Waals surface area contributed by atoms with Crippen molar-refractivity contribution >= 4 is 50.8 Å². The Morgan fingerprint density at radius 3 is 2.44 bits per heavy atom. The summed E-state index contributed by atoms with van der Waals surface area (Å²) >= 11 is 6.58. The minimum absolute atomic E-state index is 0.00507. The van der Waals surface area contributed by atoms with Crippen molar-refractivity contribution < 1.29 is 40.9 Å². The number of benzene rings is 2.